The largest absolute Gasteiger partial charge is 0.0654 e. The molecule has 0 heteroatoms. The number of unbranched alkanes of at least 4 members (excludes halogenated alkanes) is 5. The highest BCUT2D eigenvalue weighted by Gasteiger charge is 2.38. The van der Waals surface area contributed by atoms with Crippen LogP contribution in [0.5, 0.6) is 0 Å². The van der Waals surface area contributed by atoms with Gasteiger partial charge in [0.1, 0.15) is 0 Å². The van der Waals surface area contributed by atoms with Crippen LogP contribution in [0.3, 0.4) is 0 Å². The molecule has 0 aromatic rings. The summed E-state index contributed by atoms with van der Waals surface area (Å²) in [5, 5.41) is 0. The van der Waals surface area contributed by atoms with E-state index >= 15 is 0 Å². The zero-order chi connectivity index (χ0) is 16.8. The average Bonchev–Trinajstić information content (AvgIpc) is 2.46. The summed E-state index contributed by atoms with van der Waals surface area (Å²) in [6.07, 6.45) is 24.6. The molecule has 3 rings (SSSR count). The van der Waals surface area contributed by atoms with E-state index in [0.717, 1.165) is 35.5 Å². The fourth-order valence-corrected chi connectivity index (χ4v) is 6.12. The fourth-order valence-electron chi connectivity index (χ4n) is 6.12. The summed E-state index contributed by atoms with van der Waals surface area (Å²) in [5.74, 6) is 6.76. The Hall–Kier alpha value is 0. The molecule has 0 N–H and O–H groups in total. The van der Waals surface area contributed by atoms with Crippen LogP contribution >= 0.6 is 0 Å². The lowest BCUT2D eigenvalue weighted by atomic mass is 9.60. The lowest BCUT2D eigenvalue weighted by Crippen LogP contribution is -2.34. The smallest absolute Gasteiger partial charge is 0.0406 e. The third-order valence-corrected chi connectivity index (χ3v) is 7.88. The summed E-state index contributed by atoms with van der Waals surface area (Å²) in [6.45, 7) is 4.69. The molecular formula is C24H44. The summed E-state index contributed by atoms with van der Waals surface area (Å²) >= 11 is 0. The van der Waals surface area contributed by atoms with Gasteiger partial charge < -0.3 is 0 Å². The van der Waals surface area contributed by atoms with Crippen LogP contribution < -0.4 is 0 Å². The third-order valence-electron chi connectivity index (χ3n) is 7.88. The first-order valence-corrected chi connectivity index (χ1v) is 11.8. The number of rotatable bonds is 12. The first kappa shape index (κ1) is 18.8. The van der Waals surface area contributed by atoms with Crippen molar-refractivity contribution in [2.45, 2.75) is 117 Å². The highest BCUT2D eigenvalue weighted by Crippen LogP contribution is 2.50. The van der Waals surface area contributed by atoms with Crippen LogP contribution in [0.25, 0.3) is 0 Å². The molecule has 140 valence electrons. The van der Waals surface area contributed by atoms with Crippen molar-refractivity contribution in [3.05, 3.63) is 0 Å². The first-order chi connectivity index (χ1) is 11.8. The molecule has 0 aliphatic heterocycles. The molecule has 3 fully saturated rings. The summed E-state index contributed by atoms with van der Waals surface area (Å²) in [7, 11) is 0. The molecule has 0 nitrogen and oxygen atoms in total. The van der Waals surface area contributed by atoms with Crippen molar-refractivity contribution in [2.75, 3.05) is 0 Å². The van der Waals surface area contributed by atoms with Crippen LogP contribution in [0, 0.1) is 35.5 Å². The van der Waals surface area contributed by atoms with Crippen molar-refractivity contribution in [2.24, 2.45) is 35.5 Å². The molecule has 0 aromatic heterocycles. The highest BCUT2D eigenvalue weighted by molar-refractivity contribution is 4.89. The molecule has 0 unspecified atom stereocenters. The van der Waals surface area contributed by atoms with E-state index in [2.05, 4.69) is 13.8 Å². The second-order valence-electron chi connectivity index (χ2n) is 10.0. The van der Waals surface area contributed by atoms with Gasteiger partial charge in [-0.2, -0.15) is 0 Å². The Morgan fingerprint density at radius 3 is 1.50 bits per heavy atom. The Bertz CT molecular complexity index is 328. The van der Waals surface area contributed by atoms with Crippen LogP contribution in [-0.2, 0) is 0 Å². The second kappa shape index (κ2) is 9.63. The summed E-state index contributed by atoms with van der Waals surface area (Å²) in [4.78, 5) is 0. The van der Waals surface area contributed by atoms with Crippen LogP contribution in [0.2, 0.25) is 0 Å². The number of hydrogen-bond acceptors (Lipinski definition) is 0. The SMILES string of the molecule is CCCCCCCCC1CC(CC2CC(CC3CC(CC)C3)C2)C1. The maximum absolute atomic E-state index is 2.37. The molecular weight excluding hydrogens is 288 g/mol. The van der Waals surface area contributed by atoms with Crippen molar-refractivity contribution in [1.82, 2.24) is 0 Å². The molecule has 0 radical (unpaired) electrons. The van der Waals surface area contributed by atoms with E-state index in [1.165, 1.54) is 44.9 Å². The van der Waals surface area contributed by atoms with E-state index in [9.17, 15) is 0 Å². The summed E-state index contributed by atoms with van der Waals surface area (Å²) in [5.41, 5.74) is 0. The lowest BCUT2D eigenvalue weighted by molar-refractivity contribution is 0.0603. The van der Waals surface area contributed by atoms with E-state index in [-0.39, 0.29) is 0 Å². The van der Waals surface area contributed by atoms with Gasteiger partial charge in [0, 0.05) is 0 Å². The van der Waals surface area contributed by atoms with Crippen LogP contribution in [0.4, 0.5) is 0 Å². The lowest BCUT2D eigenvalue weighted by Gasteiger charge is -2.45. The topological polar surface area (TPSA) is 0 Å². The monoisotopic (exact) mass is 332 g/mol. The Balaban J connectivity index is 1.12. The number of hydrogen-bond donors (Lipinski definition) is 0. The standard InChI is InChI=1S/C24H44/c1-3-5-6-7-8-9-10-20-13-22(14-20)16-24-17-23(18-24)15-21-11-19(4-2)12-21/h19-24H,3-18H2,1-2H3. The molecule has 0 amide bonds. The van der Waals surface area contributed by atoms with E-state index in [0.29, 0.717) is 0 Å². The van der Waals surface area contributed by atoms with E-state index < -0.39 is 0 Å². The first-order valence-electron chi connectivity index (χ1n) is 11.8. The van der Waals surface area contributed by atoms with Gasteiger partial charge >= 0.3 is 0 Å². The Morgan fingerprint density at radius 1 is 0.500 bits per heavy atom. The van der Waals surface area contributed by atoms with Crippen molar-refractivity contribution < 1.29 is 0 Å². The van der Waals surface area contributed by atoms with Gasteiger partial charge in [-0.05, 0) is 86.9 Å². The highest BCUT2D eigenvalue weighted by atomic mass is 14.4. The molecule has 0 heterocycles. The maximum atomic E-state index is 2.37. The Morgan fingerprint density at radius 2 is 0.958 bits per heavy atom. The van der Waals surface area contributed by atoms with Gasteiger partial charge in [0.2, 0.25) is 0 Å². The molecule has 0 saturated heterocycles. The van der Waals surface area contributed by atoms with Crippen molar-refractivity contribution >= 4 is 0 Å². The van der Waals surface area contributed by atoms with Gasteiger partial charge in [0.15, 0.2) is 0 Å². The zero-order valence-corrected chi connectivity index (χ0v) is 16.8. The van der Waals surface area contributed by atoms with Crippen LogP contribution in [-0.4, -0.2) is 0 Å². The van der Waals surface area contributed by atoms with Crippen molar-refractivity contribution in [3.63, 3.8) is 0 Å². The van der Waals surface area contributed by atoms with Gasteiger partial charge in [-0.1, -0.05) is 65.2 Å². The minimum absolute atomic E-state index is 1.10. The van der Waals surface area contributed by atoms with Gasteiger partial charge in [0.25, 0.3) is 0 Å². The quantitative estimate of drug-likeness (QED) is 0.317. The Kier molecular flexibility index (Phi) is 7.54. The minimum Gasteiger partial charge on any atom is -0.0654 e. The summed E-state index contributed by atoms with van der Waals surface area (Å²) in [6, 6.07) is 0. The van der Waals surface area contributed by atoms with Crippen LogP contribution in [0.1, 0.15) is 117 Å². The van der Waals surface area contributed by atoms with Gasteiger partial charge in [-0.25, -0.2) is 0 Å². The van der Waals surface area contributed by atoms with Gasteiger partial charge in [0.05, 0.1) is 0 Å². The fraction of sp³-hybridized carbons (Fsp3) is 1.00. The predicted molar refractivity (Wildman–Crippen MR) is 106 cm³/mol. The molecule has 0 bridgehead atoms. The zero-order valence-electron chi connectivity index (χ0n) is 16.8. The minimum atomic E-state index is 1.10. The molecule has 24 heavy (non-hydrogen) atoms. The van der Waals surface area contributed by atoms with Gasteiger partial charge in [-0.3, -0.25) is 0 Å². The van der Waals surface area contributed by atoms with Crippen molar-refractivity contribution in [1.29, 1.82) is 0 Å². The van der Waals surface area contributed by atoms with Crippen LogP contribution in [0.15, 0.2) is 0 Å². The molecule has 0 atom stereocenters. The second-order valence-corrected chi connectivity index (χ2v) is 10.0. The molecule has 3 aliphatic carbocycles. The molecule has 3 aliphatic rings. The Labute approximate surface area is 152 Å². The summed E-state index contributed by atoms with van der Waals surface area (Å²) < 4.78 is 0. The normalized spacial score (nSPS) is 38.2. The van der Waals surface area contributed by atoms with Gasteiger partial charge in [-0.15, -0.1) is 0 Å². The molecule has 0 aromatic carbocycles. The van der Waals surface area contributed by atoms with E-state index in [1.807, 2.05) is 0 Å². The van der Waals surface area contributed by atoms with E-state index in [4.69, 9.17) is 0 Å². The van der Waals surface area contributed by atoms with Crippen molar-refractivity contribution in [3.8, 4) is 0 Å². The third kappa shape index (κ3) is 5.50. The molecule has 0 spiro atoms. The predicted octanol–water partition coefficient (Wildman–Crippen LogP) is 8.01. The average molecular weight is 333 g/mol. The molecule has 3 saturated carbocycles. The van der Waals surface area contributed by atoms with E-state index in [1.54, 1.807) is 57.8 Å². The maximum Gasteiger partial charge on any atom is -0.0406 e.